The van der Waals surface area contributed by atoms with Crippen molar-refractivity contribution in [1.29, 1.82) is 0 Å². The molecule has 1 heterocycles. The quantitative estimate of drug-likeness (QED) is 0.782. The predicted octanol–water partition coefficient (Wildman–Crippen LogP) is 1.24. The van der Waals surface area contributed by atoms with Crippen LogP contribution in [0, 0.1) is 5.92 Å². The molecular formula is C11H13ClN2O2. The lowest BCUT2D eigenvalue weighted by Crippen LogP contribution is -2.38. The molecule has 86 valence electrons. The molecule has 1 saturated carbocycles. The first-order valence-electron chi connectivity index (χ1n) is 5.23. The van der Waals surface area contributed by atoms with Gasteiger partial charge in [0.15, 0.2) is 0 Å². The second kappa shape index (κ2) is 4.80. The first kappa shape index (κ1) is 11.4. The molecule has 0 unspecified atom stereocenters. The second-order valence-corrected chi connectivity index (χ2v) is 4.46. The number of hydrogen-bond acceptors (Lipinski definition) is 3. The van der Waals surface area contributed by atoms with Crippen molar-refractivity contribution in [3.63, 3.8) is 0 Å². The molecule has 1 aliphatic rings. The van der Waals surface area contributed by atoms with E-state index in [1.54, 1.807) is 6.07 Å². The van der Waals surface area contributed by atoms with Gasteiger partial charge >= 0.3 is 0 Å². The lowest BCUT2D eigenvalue weighted by atomic mass is 9.82. The molecule has 16 heavy (non-hydrogen) atoms. The summed E-state index contributed by atoms with van der Waals surface area (Å²) in [4.78, 5) is 15.5. The normalized spacial score (nSPS) is 23.6. The maximum absolute atomic E-state index is 11.7. The number of aliphatic hydroxyl groups excluding tert-OH is 1. The number of amides is 1. The molecule has 1 aromatic heterocycles. The van der Waals surface area contributed by atoms with Gasteiger partial charge in [-0.25, -0.2) is 4.98 Å². The van der Waals surface area contributed by atoms with Gasteiger partial charge in [0, 0.05) is 18.3 Å². The highest BCUT2D eigenvalue weighted by Gasteiger charge is 2.27. The van der Waals surface area contributed by atoms with Crippen LogP contribution in [0.25, 0.3) is 0 Å². The number of aromatic nitrogens is 1. The molecule has 1 amide bonds. The van der Waals surface area contributed by atoms with Gasteiger partial charge < -0.3 is 10.4 Å². The van der Waals surface area contributed by atoms with Gasteiger partial charge in [-0.15, -0.1) is 0 Å². The first-order chi connectivity index (χ1) is 7.65. The number of pyridine rings is 1. The summed E-state index contributed by atoms with van der Waals surface area (Å²) in [7, 11) is 0. The Hall–Kier alpha value is -1.13. The zero-order valence-corrected chi connectivity index (χ0v) is 9.44. The Labute approximate surface area is 98.6 Å². The Morgan fingerprint density at radius 1 is 1.62 bits per heavy atom. The van der Waals surface area contributed by atoms with Gasteiger partial charge in [-0.3, -0.25) is 4.79 Å². The van der Waals surface area contributed by atoms with Gasteiger partial charge in [0.05, 0.1) is 6.10 Å². The zero-order valence-electron chi connectivity index (χ0n) is 8.69. The highest BCUT2D eigenvalue weighted by atomic mass is 35.5. The molecule has 1 fully saturated rings. The summed E-state index contributed by atoms with van der Waals surface area (Å²) in [5.74, 6) is 0.252. The van der Waals surface area contributed by atoms with Crippen LogP contribution in [0.4, 0.5) is 0 Å². The van der Waals surface area contributed by atoms with Gasteiger partial charge in [-0.1, -0.05) is 11.6 Å². The maximum atomic E-state index is 11.7. The van der Waals surface area contributed by atoms with Crippen molar-refractivity contribution in [2.45, 2.75) is 18.9 Å². The number of carbonyl (C=O) groups excluding carboxylic acids is 1. The average Bonchev–Trinajstić information content (AvgIpc) is 2.22. The van der Waals surface area contributed by atoms with Crippen LogP contribution in [0.15, 0.2) is 18.3 Å². The van der Waals surface area contributed by atoms with Gasteiger partial charge in [0.2, 0.25) is 0 Å². The molecule has 2 rings (SSSR count). The zero-order chi connectivity index (χ0) is 11.5. The number of carbonyl (C=O) groups is 1. The Kier molecular flexibility index (Phi) is 3.41. The topological polar surface area (TPSA) is 62.2 Å². The van der Waals surface area contributed by atoms with Crippen molar-refractivity contribution in [2.24, 2.45) is 5.92 Å². The molecule has 1 aromatic rings. The van der Waals surface area contributed by atoms with Crippen LogP contribution >= 0.6 is 11.6 Å². The van der Waals surface area contributed by atoms with Crippen molar-refractivity contribution in [3.8, 4) is 0 Å². The summed E-state index contributed by atoms with van der Waals surface area (Å²) in [6, 6.07) is 3.16. The third kappa shape index (κ3) is 2.71. The fourth-order valence-electron chi connectivity index (χ4n) is 1.75. The largest absolute Gasteiger partial charge is 0.393 e. The molecule has 1 aliphatic carbocycles. The Morgan fingerprint density at radius 3 is 3.00 bits per heavy atom. The van der Waals surface area contributed by atoms with Crippen LogP contribution in [0.3, 0.4) is 0 Å². The van der Waals surface area contributed by atoms with E-state index in [9.17, 15) is 4.79 Å². The lowest BCUT2D eigenvalue weighted by molar-refractivity contribution is 0.0420. The van der Waals surface area contributed by atoms with Crippen LogP contribution in [0.2, 0.25) is 5.15 Å². The lowest BCUT2D eigenvalue weighted by Gasteiger charge is -2.31. The Bertz CT molecular complexity index is 391. The van der Waals surface area contributed by atoms with Crippen molar-refractivity contribution in [1.82, 2.24) is 10.3 Å². The molecule has 0 aliphatic heterocycles. The molecule has 0 atom stereocenters. The second-order valence-electron chi connectivity index (χ2n) is 4.07. The molecule has 0 saturated heterocycles. The van der Waals surface area contributed by atoms with Gasteiger partial charge in [-0.05, 0) is 30.9 Å². The SMILES string of the molecule is O=C(NCC1CC(O)C1)c1ccnc(Cl)c1. The smallest absolute Gasteiger partial charge is 0.251 e. The van der Waals surface area contributed by atoms with Crippen LogP contribution in [0.5, 0.6) is 0 Å². The molecule has 5 heteroatoms. The summed E-state index contributed by atoms with van der Waals surface area (Å²) in [6.07, 6.45) is 2.87. The number of rotatable bonds is 3. The van der Waals surface area contributed by atoms with Gasteiger partial charge in [-0.2, -0.15) is 0 Å². The third-order valence-electron chi connectivity index (χ3n) is 2.75. The van der Waals surface area contributed by atoms with Crippen molar-refractivity contribution in [3.05, 3.63) is 29.0 Å². The van der Waals surface area contributed by atoms with Crippen molar-refractivity contribution < 1.29 is 9.90 Å². The van der Waals surface area contributed by atoms with E-state index in [1.807, 2.05) is 0 Å². The predicted molar refractivity (Wildman–Crippen MR) is 60.3 cm³/mol. The molecule has 0 aromatic carbocycles. The number of aliphatic hydroxyl groups is 1. The summed E-state index contributed by atoms with van der Waals surface area (Å²) in [5.41, 5.74) is 0.514. The number of hydrogen-bond donors (Lipinski definition) is 2. The van der Waals surface area contributed by atoms with E-state index < -0.39 is 0 Å². The van der Waals surface area contributed by atoms with E-state index >= 15 is 0 Å². The third-order valence-corrected chi connectivity index (χ3v) is 2.96. The van der Waals surface area contributed by atoms with E-state index in [1.165, 1.54) is 12.3 Å². The fraction of sp³-hybridized carbons (Fsp3) is 0.455. The molecule has 0 spiro atoms. The van der Waals surface area contributed by atoms with E-state index in [0.717, 1.165) is 12.8 Å². The number of nitrogens with zero attached hydrogens (tertiary/aromatic N) is 1. The van der Waals surface area contributed by atoms with Crippen molar-refractivity contribution in [2.75, 3.05) is 6.54 Å². The van der Waals surface area contributed by atoms with Crippen molar-refractivity contribution >= 4 is 17.5 Å². The van der Waals surface area contributed by atoms with E-state index in [0.29, 0.717) is 23.2 Å². The van der Waals surface area contributed by atoms with Gasteiger partial charge in [0.1, 0.15) is 5.15 Å². The molecule has 4 nitrogen and oxygen atoms in total. The van der Waals surface area contributed by atoms with E-state index in [-0.39, 0.29) is 12.0 Å². The summed E-state index contributed by atoms with van der Waals surface area (Å²) in [6.45, 7) is 0.607. The van der Waals surface area contributed by atoms with E-state index in [2.05, 4.69) is 10.3 Å². The summed E-state index contributed by atoms with van der Waals surface area (Å²) >= 11 is 5.69. The molecule has 2 N–H and O–H groups in total. The van der Waals surface area contributed by atoms with Crippen LogP contribution in [0.1, 0.15) is 23.2 Å². The molecule has 0 radical (unpaired) electrons. The monoisotopic (exact) mass is 240 g/mol. The van der Waals surface area contributed by atoms with Crippen LogP contribution < -0.4 is 5.32 Å². The maximum Gasteiger partial charge on any atom is 0.251 e. The van der Waals surface area contributed by atoms with Crippen LogP contribution in [-0.4, -0.2) is 28.6 Å². The van der Waals surface area contributed by atoms with Gasteiger partial charge in [0.25, 0.3) is 5.91 Å². The molecule has 0 bridgehead atoms. The minimum atomic E-state index is -0.183. The highest BCUT2D eigenvalue weighted by molar-refractivity contribution is 6.29. The standard InChI is InChI=1S/C11H13ClN2O2/c12-10-5-8(1-2-13-10)11(16)14-6-7-3-9(15)4-7/h1-2,5,7,9,15H,3-4,6H2,(H,14,16). The fourth-order valence-corrected chi connectivity index (χ4v) is 1.92. The average molecular weight is 241 g/mol. The number of halogens is 1. The first-order valence-corrected chi connectivity index (χ1v) is 5.61. The van der Waals surface area contributed by atoms with Crippen LogP contribution in [-0.2, 0) is 0 Å². The summed E-state index contributed by atoms with van der Waals surface area (Å²) < 4.78 is 0. The Balaban J connectivity index is 1.84. The highest BCUT2D eigenvalue weighted by Crippen LogP contribution is 2.26. The minimum Gasteiger partial charge on any atom is -0.393 e. The minimum absolute atomic E-state index is 0.148. The molecular weight excluding hydrogens is 228 g/mol. The number of nitrogens with one attached hydrogen (secondary N) is 1. The van der Waals surface area contributed by atoms with E-state index in [4.69, 9.17) is 16.7 Å². The summed E-state index contributed by atoms with van der Waals surface area (Å²) in [5, 5.41) is 12.2. The Morgan fingerprint density at radius 2 is 2.38 bits per heavy atom.